The lowest BCUT2D eigenvalue weighted by Gasteiger charge is -2.12. The molecule has 1 N–H and O–H groups in total. The van der Waals surface area contributed by atoms with Gasteiger partial charge in [0.1, 0.15) is 10.7 Å². The Balaban J connectivity index is 1.73. The van der Waals surface area contributed by atoms with E-state index in [2.05, 4.69) is 10.3 Å². The molecule has 126 valence electrons. The van der Waals surface area contributed by atoms with Gasteiger partial charge in [-0.2, -0.15) is 0 Å². The quantitative estimate of drug-likeness (QED) is 0.687. The Morgan fingerprint density at radius 1 is 1.08 bits per heavy atom. The van der Waals surface area contributed by atoms with Gasteiger partial charge in [-0.15, -0.1) is 22.7 Å². The lowest BCUT2D eigenvalue weighted by atomic mass is 9.93. The van der Waals surface area contributed by atoms with Crippen LogP contribution in [-0.2, 0) is 12.8 Å². The minimum Gasteiger partial charge on any atom is -0.312 e. The van der Waals surface area contributed by atoms with E-state index in [4.69, 9.17) is 0 Å². The summed E-state index contributed by atoms with van der Waals surface area (Å²) in [4.78, 5) is 31.6. The first-order valence-corrected chi connectivity index (χ1v) is 9.89. The summed E-state index contributed by atoms with van der Waals surface area (Å²) in [6, 6.07) is 8.93. The summed E-state index contributed by atoms with van der Waals surface area (Å²) >= 11 is 2.97. The number of thiophene rings is 2. The normalized spacial score (nSPS) is 13.3. The number of hydrogen-bond donors (Lipinski definition) is 1. The van der Waals surface area contributed by atoms with Crippen molar-refractivity contribution in [2.45, 2.75) is 25.7 Å². The van der Waals surface area contributed by atoms with Crippen molar-refractivity contribution >= 4 is 39.4 Å². The SMILES string of the molecule is O=C(Nc1sc2c(c1C(=O)c1cccs1)CCCC2)c1ccccn1. The average molecular weight is 368 g/mol. The third-order valence-electron chi connectivity index (χ3n) is 4.27. The number of aryl methyl sites for hydroxylation is 1. The molecule has 1 aliphatic carbocycles. The molecule has 0 spiro atoms. The number of rotatable bonds is 4. The molecule has 4 rings (SSSR count). The van der Waals surface area contributed by atoms with Crippen LogP contribution in [-0.4, -0.2) is 16.7 Å². The number of fused-ring (bicyclic) bond motifs is 1. The highest BCUT2D eigenvalue weighted by atomic mass is 32.1. The molecule has 6 heteroatoms. The highest BCUT2D eigenvalue weighted by Crippen LogP contribution is 2.39. The summed E-state index contributed by atoms with van der Waals surface area (Å²) in [6.07, 6.45) is 5.68. The third kappa shape index (κ3) is 3.15. The Morgan fingerprint density at radius 3 is 2.72 bits per heavy atom. The molecule has 0 fully saturated rings. The zero-order valence-corrected chi connectivity index (χ0v) is 15.1. The van der Waals surface area contributed by atoms with Crippen molar-refractivity contribution in [3.05, 3.63) is 68.5 Å². The molecule has 0 saturated heterocycles. The molecule has 1 amide bonds. The number of carbonyl (C=O) groups is 2. The van der Waals surface area contributed by atoms with Crippen LogP contribution in [0.3, 0.4) is 0 Å². The summed E-state index contributed by atoms with van der Waals surface area (Å²) in [6.45, 7) is 0. The monoisotopic (exact) mass is 368 g/mol. The second-order valence-electron chi connectivity index (χ2n) is 5.89. The molecule has 0 aromatic carbocycles. The lowest BCUT2D eigenvalue weighted by molar-refractivity contribution is 0.102. The minimum atomic E-state index is -0.278. The Morgan fingerprint density at radius 2 is 1.96 bits per heavy atom. The molecule has 0 radical (unpaired) electrons. The predicted octanol–water partition coefficient (Wildman–Crippen LogP) is 4.57. The van der Waals surface area contributed by atoms with Crippen molar-refractivity contribution in [2.75, 3.05) is 5.32 Å². The van der Waals surface area contributed by atoms with E-state index in [1.807, 2.05) is 17.5 Å². The molecule has 0 atom stereocenters. The van der Waals surface area contributed by atoms with Crippen LogP contribution in [0.15, 0.2) is 41.9 Å². The van der Waals surface area contributed by atoms with Gasteiger partial charge in [0.2, 0.25) is 5.78 Å². The van der Waals surface area contributed by atoms with Crippen LogP contribution >= 0.6 is 22.7 Å². The molecular weight excluding hydrogens is 352 g/mol. The Kier molecular flexibility index (Phi) is 4.46. The van der Waals surface area contributed by atoms with Gasteiger partial charge in [-0.1, -0.05) is 12.1 Å². The maximum Gasteiger partial charge on any atom is 0.274 e. The van der Waals surface area contributed by atoms with Gasteiger partial charge in [-0.25, -0.2) is 0 Å². The van der Waals surface area contributed by atoms with Gasteiger partial charge in [0, 0.05) is 11.1 Å². The summed E-state index contributed by atoms with van der Waals surface area (Å²) in [5.74, 6) is -0.273. The first-order valence-electron chi connectivity index (χ1n) is 8.19. The number of nitrogens with one attached hydrogen (secondary N) is 1. The second kappa shape index (κ2) is 6.90. The van der Waals surface area contributed by atoms with Crippen LogP contribution in [0, 0.1) is 0 Å². The molecule has 0 aliphatic heterocycles. The van der Waals surface area contributed by atoms with Crippen LogP contribution in [0.1, 0.15) is 49.0 Å². The highest BCUT2D eigenvalue weighted by Gasteiger charge is 2.27. The van der Waals surface area contributed by atoms with Gasteiger partial charge in [0.15, 0.2) is 0 Å². The van der Waals surface area contributed by atoms with Crippen molar-refractivity contribution in [3.63, 3.8) is 0 Å². The van der Waals surface area contributed by atoms with Gasteiger partial charge >= 0.3 is 0 Å². The Labute approximate surface area is 153 Å². The van der Waals surface area contributed by atoms with E-state index in [1.54, 1.807) is 24.4 Å². The molecule has 4 nitrogen and oxygen atoms in total. The smallest absolute Gasteiger partial charge is 0.274 e. The fourth-order valence-corrected chi connectivity index (χ4v) is 5.04. The largest absolute Gasteiger partial charge is 0.312 e. The number of pyridine rings is 1. The fourth-order valence-electron chi connectivity index (χ4n) is 3.09. The van der Waals surface area contributed by atoms with Gasteiger partial charge < -0.3 is 5.32 Å². The molecule has 0 saturated carbocycles. The van der Waals surface area contributed by atoms with E-state index in [9.17, 15) is 9.59 Å². The third-order valence-corrected chi connectivity index (χ3v) is 6.34. The van der Waals surface area contributed by atoms with Crippen molar-refractivity contribution < 1.29 is 9.59 Å². The highest BCUT2D eigenvalue weighted by molar-refractivity contribution is 7.17. The van der Waals surface area contributed by atoms with Gasteiger partial charge in [-0.3, -0.25) is 14.6 Å². The molecular formula is C19H16N2O2S2. The van der Waals surface area contributed by atoms with Gasteiger partial charge in [-0.05, 0) is 54.8 Å². The molecule has 0 unspecified atom stereocenters. The first-order chi connectivity index (χ1) is 12.2. The molecule has 3 aromatic rings. The zero-order chi connectivity index (χ0) is 17.2. The van der Waals surface area contributed by atoms with Crippen LogP contribution < -0.4 is 5.32 Å². The van der Waals surface area contributed by atoms with Crippen LogP contribution in [0.25, 0.3) is 0 Å². The number of hydrogen-bond acceptors (Lipinski definition) is 5. The van der Waals surface area contributed by atoms with E-state index >= 15 is 0 Å². The molecule has 3 heterocycles. The number of ketones is 1. The predicted molar refractivity (Wildman–Crippen MR) is 101 cm³/mol. The van der Waals surface area contributed by atoms with Crippen molar-refractivity contribution in [1.29, 1.82) is 0 Å². The summed E-state index contributed by atoms with van der Waals surface area (Å²) in [7, 11) is 0. The summed E-state index contributed by atoms with van der Waals surface area (Å²) < 4.78 is 0. The molecule has 3 aromatic heterocycles. The average Bonchev–Trinajstić information content (AvgIpc) is 3.29. The maximum atomic E-state index is 13.0. The lowest BCUT2D eigenvalue weighted by Crippen LogP contribution is -2.15. The summed E-state index contributed by atoms with van der Waals surface area (Å²) in [5, 5.41) is 5.48. The second-order valence-corrected chi connectivity index (χ2v) is 7.94. The van der Waals surface area contributed by atoms with Crippen LogP contribution in [0.5, 0.6) is 0 Å². The van der Waals surface area contributed by atoms with E-state index in [1.165, 1.54) is 27.6 Å². The number of anilines is 1. The van der Waals surface area contributed by atoms with E-state index in [-0.39, 0.29) is 11.7 Å². The topological polar surface area (TPSA) is 59.1 Å². The van der Waals surface area contributed by atoms with Crippen LogP contribution in [0.2, 0.25) is 0 Å². The standard InChI is InChI=1S/C19H16N2O2S2/c22-17(15-9-5-11-24-15)16-12-6-1-2-8-14(12)25-19(16)21-18(23)13-7-3-4-10-20-13/h3-5,7,9-11H,1-2,6,8H2,(H,21,23). The number of carbonyl (C=O) groups excluding carboxylic acids is 2. The number of amides is 1. The van der Waals surface area contributed by atoms with E-state index in [0.29, 0.717) is 21.1 Å². The Hall–Kier alpha value is -2.31. The van der Waals surface area contributed by atoms with Crippen molar-refractivity contribution in [2.24, 2.45) is 0 Å². The van der Waals surface area contributed by atoms with E-state index in [0.717, 1.165) is 31.2 Å². The number of nitrogens with zero attached hydrogens (tertiary/aromatic N) is 1. The van der Waals surface area contributed by atoms with Gasteiger partial charge in [0.05, 0.1) is 10.4 Å². The Bertz CT molecular complexity index is 915. The van der Waals surface area contributed by atoms with Crippen molar-refractivity contribution in [3.8, 4) is 0 Å². The number of aromatic nitrogens is 1. The summed E-state index contributed by atoms with van der Waals surface area (Å²) in [5.41, 5.74) is 2.14. The molecule has 25 heavy (non-hydrogen) atoms. The maximum absolute atomic E-state index is 13.0. The van der Waals surface area contributed by atoms with Crippen molar-refractivity contribution in [1.82, 2.24) is 4.98 Å². The molecule has 1 aliphatic rings. The van der Waals surface area contributed by atoms with Gasteiger partial charge in [0.25, 0.3) is 5.91 Å². The molecule has 0 bridgehead atoms. The minimum absolute atomic E-state index is 0.00530. The first kappa shape index (κ1) is 16.2. The van der Waals surface area contributed by atoms with Crippen LogP contribution in [0.4, 0.5) is 5.00 Å². The zero-order valence-electron chi connectivity index (χ0n) is 13.5. The fraction of sp³-hybridized carbons (Fsp3) is 0.211. The van der Waals surface area contributed by atoms with E-state index < -0.39 is 0 Å².